The Hall–Kier alpha value is -2.22. The van der Waals surface area contributed by atoms with Gasteiger partial charge in [0.2, 0.25) is 0 Å². The number of unbranched alkanes of at least 4 members (excludes halogenated alkanes) is 14. The van der Waals surface area contributed by atoms with Crippen molar-refractivity contribution >= 4 is 23.7 Å². The van der Waals surface area contributed by atoms with E-state index in [0.717, 1.165) is 57.8 Å². The molecule has 0 spiro atoms. The molecular formula is C36H64O8. The molecule has 0 aliphatic carbocycles. The summed E-state index contributed by atoms with van der Waals surface area (Å²) >= 11 is 0. The lowest BCUT2D eigenvalue weighted by molar-refractivity contribution is -0.188. The fraction of sp³-hybridized carbons (Fsp3) is 0.833. The van der Waals surface area contributed by atoms with Crippen molar-refractivity contribution in [1.82, 2.24) is 0 Å². The quantitative estimate of drug-likeness (QED) is 0.0279. The zero-order chi connectivity index (χ0) is 32.9. The van der Waals surface area contributed by atoms with E-state index in [1.807, 2.05) is 20.8 Å². The Bertz CT molecular complexity index is 793. The number of carbonyl (C=O) groups excluding carboxylic acids is 4. The van der Waals surface area contributed by atoms with Gasteiger partial charge in [0.15, 0.2) is 17.3 Å². The molecule has 8 nitrogen and oxygen atoms in total. The van der Waals surface area contributed by atoms with Crippen LogP contribution in [0.3, 0.4) is 0 Å². The molecule has 0 heterocycles. The standard InChI is InChI=1S/C36H64O8/c1-5-9-13-14-15-16-17-18-19-20-21-22-23-24-25-26-31(37)33(34(39)43-28-11-7-3)36(41,35(40)44-29-12-8-4)30-32(38)42-27-10-6-2/h18-19,33,41H,5-17,20-30H2,1-4H3. The third kappa shape index (κ3) is 19.9. The normalized spacial score (nSPS) is 13.4. The molecule has 0 aliphatic rings. The summed E-state index contributed by atoms with van der Waals surface area (Å²) in [6.45, 7) is 8.18. The average molecular weight is 625 g/mol. The third-order valence-electron chi connectivity index (χ3n) is 7.72. The van der Waals surface area contributed by atoms with E-state index < -0.39 is 41.6 Å². The third-order valence-corrected chi connectivity index (χ3v) is 7.72. The molecule has 0 radical (unpaired) electrons. The van der Waals surface area contributed by atoms with Crippen LogP contribution in [0.1, 0.15) is 163 Å². The molecule has 0 amide bonds. The average Bonchev–Trinajstić information content (AvgIpc) is 2.99. The molecule has 0 fully saturated rings. The number of hydrogen-bond donors (Lipinski definition) is 1. The van der Waals surface area contributed by atoms with E-state index >= 15 is 0 Å². The first kappa shape index (κ1) is 41.8. The van der Waals surface area contributed by atoms with E-state index in [0.29, 0.717) is 25.7 Å². The zero-order valence-corrected chi connectivity index (χ0v) is 28.5. The minimum absolute atomic E-state index is 0.00253. The van der Waals surface area contributed by atoms with Crippen molar-refractivity contribution in [2.75, 3.05) is 19.8 Å². The lowest BCUT2D eigenvalue weighted by Gasteiger charge is -2.31. The van der Waals surface area contributed by atoms with Gasteiger partial charge in [-0.3, -0.25) is 14.4 Å². The Morgan fingerprint density at radius 3 is 1.59 bits per heavy atom. The highest BCUT2D eigenvalue weighted by atomic mass is 16.6. The minimum Gasteiger partial charge on any atom is -0.466 e. The molecule has 1 N–H and O–H groups in total. The largest absolute Gasteiger partial charge is 0.466 e. The number of ketones is 1. The molecule has 0 saturated heterocycles. The first-order chi connectivity index (χ1) is 21.3. The Kier molecular flexibility index (Phi) is 26.8. The Labute approximate surface area is 268 Å². The van der Waals surface area contributed by atoms with Crippen LogP contribution < -0.4 is 0 Å². The van der Waals surface area contributed by atoms with Gasteiger partial charge in [-0.15, -0.1) is 0 Å². The molecule has 0 rings (SSSR count). The molecular weight excluding hydrogens is 560 g/mol. The van der Waals surface area contributed by atoms with Crippen molar-refractivity contribution in [2.24, 2.45) is 5.92 Å². The second kappa shape index (κ2) is 28.3. The summed E-state index contributed by atoms with van der Waals surface area (Å²) in [4.78, 5) is 52.4. The van der Waals surface area contributed by atoms with Crippen LogP contribution in [0.4, 0.5) is 0 Å². The number of Topliss-reactive ketones (excluding diaryl/α,β-unsaturated/α-hetero) is 1. The highest BCUT2D eigenvalue weighted by Gasteiger charge is 2.55. The van der Waals surface area contributed by atoms with Gasteiger partial charge in [-0.1, -0.05) is 110 Å². The van der Waals surface area contributed by atoms with Crippen LogP contribution in [-0.2, 0) is 33.4 Å². The van der Waals surface area contributed by atoms with E-state index in [-0.39, 0.29) is 26.2 Å². The molecule has 2 unspecified atom stereocenters. The summed E-state index contributed by atoms with van der Waals surface area (Å²) in [6.07, 6.45) is 22.1. The predicted octanol–water partition coefficient (Wildman–Crippen LogP) is 8.36. The summed E-state index contributed by atoms with van der Waals surface area (Å²) in [5, 5.41) is 11.6. The van der Waals surface area contributed by atoms with Crippen LogP contribution in [0, 0.1) is 5.92 Å². The first-order valence-corrected chi connectivity index (χ1v) is 17.7. The van der Waals surface area contributed by atoms with Crippen LogP contribution >= 0.6 is 0 Å². The van der Waals surface area contributed by atoms with Crippen molar-refractivity contribution in [2.45, 2.75) is 168 Å². The molecule has 0 aliphatic heterocycles. The van der Waals surface area contributed by atoms with Gasteiger partial charge in [0, 0.05) is 6.42 Å². The molecule has 0 saturated carbocycles. The van der Waals surface area contributed by atoms with Crippen LogP contribution in [-0.4, -0.2) is 54.2 Å². The van der Waals surface area contributed by atoms with Crippen LogP contribution in [0.2, 0.25) is 0 Å². The highest BCUT2D eigenvalue weighted by molar-refractivity contribution is 6.06. The van der Waals surface area contributed by atoms with Crippen molar-refractivity contribution in [3.63, 3.8) is 0 Å². The maximum atomic E-state index is 13.4. The second-order valence-electron chi connectivity index (χ2n) is 11.9. The van der Waals surface area contributed by atoms with Crippen LogP contribution in [0.5, 0.6) is 0 Å². The summed E-state index contributed by atoms with van der Waals surface area (Å²) in [6, 6.07) is 0. The van der Waals surface area contributed by atoms with Crippen molar-refractivity contribution < 1.29 is 38.5 Å². The number of rotatable bonds is 30. The first-order valence-electron chi connectivity index (χ1n) is 17.7. The van der Waals surface area contributed by atoms with Gasteiger partial charge in [0.1, 0.15) is 0 Å². The van der Waals surface area contributed by atoms with E-state index in [9.17, 15) is 24.3 Å². The number of hydrogen-bond acceptors (Lipinski definition) is 8. The fourth-order valence-corrected chi connectivity index (χ4v) is 4.84. The molecule has 0 aromatic rings. The van der Waals surface area contributed by atoms with Gasteiger partial charge < -0.3 is 19.3 Å². The Balaban J connectivity index is 5.10. The van der Waals surface area contributed by atoms with Gasteiger partial charge in [-0.25, -0.2) is 4.79 Å². The number of esters is 3. The lowest BCUT2D eigenvalue weighted by atomic mass is 9.80. The van der Waals surface area contributed by atoms with Gasteiger partial charge in [0.25, 0.3) is 0 Å². The van der Waals surface area contributed by atoms with Crippen molar-refractivity contribution in [3.05, 3.63) is 12.2 Å². The van der Waals surface area contributed by atoms with Crippen LogP contribution in [0.15, 0.2) is 12.2 Å². The molecule has 2 atom stereocenters. The van der Waals surface area contributed by atoms with Gasteiger partial charge in [-0.05, 0) is 51.4 Å². The summed E-state index contributed by atoms with van der Waals surface area (Å²) < 4.78 is 15.7. The van der Waals surface area contributed by atoms with Crippen LogP contribution in [0.25, 0.3) is 0 Å². The maximum absolute atomic E-state index is 13.4. The predicted molar refractivity (Wildman–Crippen MR) is 175 cm³/mol. The molecule has 0 aromatic carbocycles. The smallest absolute Gasteiger partial charge is 0.340 e. The Morgan fingerprint density at radius 2 is 1.05 bits per heavy atom. The highest BCUT2D eigenvalue weighted by Crippen LogP contribution is 2.29. The minimum atomic E-state index is -2.70. The van der Waals surface area contributed by atoms with Crippen molar-refractivity contribution in [3.8, 4) is 0 Å². The number of ether oxygens (including phenoxy) is 3. The van der Waals surface area contributed by atoms with Gasteiger partial charge >= 0.3 is 17.9 Å². The number of allylic oxidation sites excluding steroid dienone is 2. The molecule has 0 bridgehead atoms. The summed E-state index contributed by atoms with van der Waals surface area (Å²) in [5.41, 5.74) is -2.70. The van der Waals surface area contributed by atoms with E-state index in [4.69, 9.17) is 14.2 Å². The molecule has 44 heavy (non-hydrogen) atoms. The maximum Gasteiger partial charge on any atom is 0.340 e. The number of aliphatic hydroxyl groups is 1. The Morgan fingerprint density at radius 1 is 0.591 bits per heavy atom. The molecule has 0 aromatic heterocycles. The van der Waals surface area contributed by atoms with Gasteiger partial charge in [-0.2, -0.15) is 0 Å². The number of carbonyl (C=O) groups is 4. The van der Waals surface area contributed by atoms with E-state index in [1.165, 1.54) is 38.5 Å². The fourth-order valence-electron chi connectivity index (χ4n) is 4.84. The zero-order valence-electron chi connectivity index (χ0n) is 28.5. The SMILES string of the molecule is CCCCCCCCC=CCCCCCCCC(=O)C(C(=O)OCCCC)C(O)(CC(=O)OCCCC)C(=O)OCCCC. The van der Waals surface area contributed by atoms with Gasteiger partial charge in [0.05, 0.1) is 26.2 Å². The summed E-state index contributed by atoms with van der Waals surface area (Å²) in [5.74, 6) is -5.53. The van der Waals surface area contributed by atoms with E-state index in [1.54, 1.807) is 0 Å². The van der Waals surface area contributed by atoms with Crippen molar-refractivity contribution in [1.29, 1.82) is 0 Å². The second-order valence-corrected chi connectivity index (χ2v) is 11.9. The molecule has 8 heteroatoms. The summed E-state index contributed by atoms with van der Waals surface area (Å²) in [7, 11) is 0. The monoisotopic (exact) mass is 624 g/mol. The lowest BCUT2D eigenvalue weighted by Crippen LogP contribution is -2.55. The molecule has 256 valence electrons. The topological polar surface area (TPSA) is 116 Å². The van der Waals surface area contributed by atoms with E-state index in [2.05, 4.69) is 19.1 Å².